The molecule has 1 fully saturated rings. The van der Waals surface area contributed by atoms with Gasteiger partial charge in [0.25, 0.3) is 11.8 Å². The number of methoxy groups -OCH3 is 1. The summed E-state index contributed by atoms with van der Waals surface area (Å²) in [6, 6.07) is 8.65. The zero-order valence-corrected chi connectivity index (χ0v) is 15.7. The fourth-order valence-electron chi connectivity index (χ4n) is 2.35. The molecule has 2 heterocycles. The number of nitrogens with two attached hydrogens (primary N) is 1. The molecule has 1 atom stereocenters. The number of aromatic nitrogens is 2. The van der Waals surface area contributed by atoms with Gasteiger partial charge in [-0.2, -0.15) is 5.10 Å². The van der Waals surface area contributed by atoms with Gasteiger partial charge >= 0.3 is 0 Å². The topological polar surface area (TPSA) is 111 Å². The van der Waals surface area contributed by atoms with Gasteiger partial charge in [0.1, 0.15) is 6.10 Å². The molecule has 1 saturated heterocycles. The Balaban J connectivity index is 0.000000327. The van der Waals surface area contributed by atoms with Gasteiger partial charge in [-0.15, -0.1) is 19.3 Å². The molecule has 28 heavy (non-hydrogen) atoms. The number of hydrogen-bond donors (Lipinski definition) is 2. The van der Waals surface area contributed by atoms with E-state index in [0.717, 1.165) is 0 Å². The lowest BCUT2D eigenvalue weighted by molar-refractivity contribution is -0.133. The van der Waals surface area contributed by atoms with Crippen LogP contribution in [0.25, 0.3) is 5.69 Å². The van der Waals surface area contributed by atoms with Crippen molar-refractivity contribution in [2.24, 2.45) is 5.73 Å². The van der Waals surface area contributed by atoms with Crippen LogP contribution in [-0.4, -0.2) is 58.4 Å². The lowest BCUT2D eigenvalue weighted by Gasteiger charge is -2.05. The third-order valence-corrected chi connectivity index (χ3v) is 3.79. The number of amides is 2. The van der Waals surface area contributed by atoms with Crippen molar-refractivity contribution in [1.82, 2.24) is 14.7 Å². The van der Waals surface area contributed by atoms with Crippen molar-refractivity contribution in [3.05, 3.63) is 41.6 Å². The molecule has 2 amide bonds. The summed E-state index contributed by atoms with van der Waals surface area (Å²) < 4.78 is 6.62. The molecule has 1 aliphatic rings. The van der Waals surface area contributed by atoms with Crippen LogP contribution >= 0.6 is 0 Å². The maximum absolute atomic E-state index is 11.1. The smallest absolute Gasteiger partial charge is 0.269 e. The van der Waals surface area contributed by atoms with E-state index in [1.807, 2.05) is 0 Å². The Hall–Kier alpha value is -3.75. The molecule has 0 spiro atoms. The number of hydrogen-bond acceptors (Lipinski definition) is 5. The molecule has 1 aromatic heterocycles. The van der Waals surface area contributed by atoms with E-state index in [9.17, 15) is 9.59 Å². The van der Waals surface area contributed by atoms with E-state index in [4.69, 9.17) is 22.0 Å². The highest BCUT2D eigenvalue weighted by atomic mass is 16.5. The number of nitrogens with zero attached hydrogens (tertiary/aromatic N) is 3. The predicted molar refractivity (Wildman–Crippen MR) is 105 cm³/mol. The number of rotatable bonds is 3. The first kappa shape index (κ1) is 22.3. The van der Waals surface area contributed by atoms with Crippen molar-refractivity contribution in [3.8, 4) is 36.8 Å². The number of benzene rings is 1. The Morgan fingerprint density at radius 1 is 1.39 bits per heavy atom. The van der Waals surface area contributed by atoms with E-state index in [2.05, 4.69) is 23.9 Å². The van der Waals surface area contributed by atoms with Crippen LogP contribution in [-0.2, 0) is 4.79 Å². The average Bonchev–Trinajstić information content (AvgIpc) is 3.29. The van der Waals surface area contributed by atoms with E-state index in [1.165, 1.54) is 22.8 Å². The van der Waals surface area contributed by atoms with E-state index in [1.54, 1.807) is 31.3 Å². The van der Waals surface area contributed by atoms with E-state index < -0.39 is 12.0 Å². The second-order valence-electron chi connectivity index (χ2n) is 5.61. The van der Waals surface area contributed by atoms with Crippen LogP contribution in [0.1, 0.15) is 22.5 Å². The predicted octanol–water partition coefficient (Wildman–Crippen LogP) is 0.420. The Bertz CT molecular complexity index is 883. The van der Waals surface area contributed by atoms with Gasteiger partial charge in [0.05, 0.1) is 12.8 Å². The largest absolute Gasteiger partial charge is 0.481 e. The van der Waals surface area contributed by atoms with Gasteiger partial charge in [0.15, 0.2) is 5.69 Å². The Morgan fingerprint density at radius 2 is 2.07 bits per heavy atom. The third kappa shape index (κ3) is 5.37. The van der Waals surface area contributed by atoms with Crippen LogP contribution in [0.3, 0.4) is 0 Å². The molecule has 0 aliphatic carbocycles. The second kappa shape index (κ2) is 10.4. The van der Waals surface area contributed by atoms with Gasteiger partial charge < -0.3 is 20.5 Å². The fraction of sp³-hybridized carbons (Fsp3) is 0.250. The summed E-state index contributed by atoms with van der Waals surface area (Å²) in [5.74, 6) is 2.19. The summed E-state index contributed by atoms with van der Waals surface area (Å²) in [4.78, 5) is 23.2. The minimum atomic E-state index is -0.722. The summed E-state index contributed by atoms with van der Waals surface area (Å²) in [5, 5.41) is 12.9. The molecule has 8 heteroatoms. The minimum absolute atomic E-state index is 0.137. The van der Waals surface area contributed by atoms with Crippen LogP contribution in [0.4, 0.5) is 0 Å². The number of terminal acetylenes is 2. The molecule has 146 valence electrons. The summed E-state index contributed by atoms with van der Waals surface area (Å²) >= 11 is 0. The first-order chi connectivity index (χ1) is 13.4. The van der Waals surface area contributed by atoms with Crippen LogP contribution in [0, 0.1) is 25.2 Å². The quantitative estimate of drug-likeness (QED) is 0.748. The number of primary amides is 1. The van der Waals surface area contributed by atoms with Crippen molar-refractivity contribution in [2.45, 2.75) is 12.5 Å². The van der Waals surface area contributed by atoms with Crippen LogP contribution in [0.2, 0.25) is 0 Å². The molecule has 2 aromatic rings. The van der Waals surface area contributed by atoms with Gasteiger partial charge in [0, 0.05) is 25.2 Å². The van der Waals surface area contributed by atoms with Crippen molar-refractivity contribution in [3.63, 3.8) is 0 Å². The molecule has 1 aliphatic heterocycles. The number of aliphatic hydroxyl groups is 1. The van der Waals surface area contributed by atoms with Crippen LogP contribution < -0.4 is 10.5 Å². The maximum Gasteiger partial charge on any atom is 0.269 e. The number of carbonyl (C=O) groups is 2. The van der Waals surface area contributed by atoms with E-state index in [0.29, 0.717) is 30.1 Å². The minimum Gasteiger partial charge on any atom is -0.481 e. The fourth-order valence-corrected chi connectivity index (χ4v) is 2.35. The first-order valence-corrected chi connectivity index (χ1v) is 8.14. The molecule has 3 rings (SSSR count). The standard InChI is InChI=1S/C13H11N3O2.C5H9NO2.C2H2/c1-3-9-5-4-6-10(7-9)16-12(18-2)8-11(15-16)13(14)17;1-6-3-2-4(7)5(6)8;1-2/h1,4-8H,2H3,(H2,14,17);4,7H,2-3H2,1H3;1-2H/t;4-;/m.0./s1. The van der Waals surface area contributed by atoms with Gasteiger partial charge in [-0.25, -0.2) is 4.68 Å². The second-order valence-corrected chi connectivity index (χ2v) is 5.61. The number of aliphatic hydroxyl groups excluding tert-OH is 1. The summed E-state index contributed by atoms with van der Waals surface area (Å²) in [7, 11) is 3.18. The monoisotopic (exact) mass is 382 g/mol. The normalized spacial score (nSPS) is 14.8. The summed E-state index contributed by atoms with van der Waals surface area (Å²) in [6.07, 6.45) is 13.2. The molecule has 8 nitrogen and oxygen atoms in total. The van der Waals surface area contributed by atoms with E-state index in [-0.39, 0.29) is 11.6 Å². The van der Waals surface area contributed by atoms with Gasteiger partial charge in [-0.3, -0.25) is 9.59 Å². The van der Waals surface area contributed by atoms with Crippen molar-refractivity contribution < 1.29 is 19.4 Å². The number of carbonyl (C=O) groups excluding carboxylic acids is 2. The molecule has 1 aromatic carbocycles. The van der Waals surface area contributed by atoms with Crippen LogP contribution in [0.5, 0.6) is 5.88 Å². The highest BCUT2D eigenvalue weighted by Crippen LogP contribution is 2.19. The lowest BCUT2D eigenvalue weighted by atomic mass is 10.2. The first-order valence-electron chi connectivity index (χ1n) is 8.14. The Morgan fingerprint density at radius 3 is 2.50 bits per heavy atom. The van der Waals surface area contributed by atoms with Gasteiger partial charge in [-0.1, -0.05) is 12.0 Å². The molecule has 3 N–H and O–H groups in total. The average molecular weight is 382 g/mol. The molecule has 0 bridgehead atoms. The molecule has 0 saturated carbocycles. The van der Waals surface area contributed by atoms with Crippen LogP contribution in [0.15, 0.2) is 30.3 Å². The Kier molecular flexibility index (Phi) is 8.29. The number of likely N-dealkylation sites (tertiary alicyclic amines) is 1. The summed E-state index contributed by atoms with van der Waals surface area (Å²) in [5.41, 5.74) is 6.74. The Labute approximate surface area is 163 Å². The molecular weight excluding hydrogens is 360 g/mol. The SMILES string of the molecule is C#C.C#Cc1cccc(-n2nc(C(N)=O)cc2OC)c1.CN1CC[C@H](O)C1=O. The van der Waals surface area contributed by atoms with E-state index >= 15 is 0 Å². The van der Waals surface area contributed by atoms with Crippen molar-refractivity contribution in [1.29, 1.82) is 0 Å². The third-order valence-electron chi connectivity index (χ3n) is 3.79. The zero-order valence-electron chi connectivity index (χ0n) is 15.7. The van der Waals surface area contributed by atoms with Gasteiger partial charge in [-0.05, 0) is 24.6 Å². The molecular formula is C20H22N4O4. The lowest BCUT2D eigenvalue weighted by Crippen LogP contribution is -2.24. The van der Waals surface area contributed by atoms with Crippen molar-refractivity contribution in [2.75, 3.05) is 20.7 Å². The molecule has 0 unspecified atom stereocenters. The highest BCUT2D eigenvalue weighted by molar-refractivity contribution is 5.91. The highest BCUT2D eigenvalue weighted by Gasteiger charge is 2.25. The maximum atomic E-state index is 11.1. The number of likely N-dealkylation sites (N-methyl/N-ethyl adjacent to an activating group) is 1. The summed E-state index contributed by atoms with van der Waals surface area (Å²) in [6.45, 7) is 0.694. The van der Waals surface area contributed by atoms with Crippen molar-refractivity contribution >= 4 is 11.8 Å². The van der Waals surface area contributed by atoms with Gasteiger partial charge in [0.2, 0.25) is 5.88 Å². The molecule has 0 radical (unpaired) electrons. The number of ether oxygens (including phenoxy) is 1. The zero-order chi connectivity index (χ0) is 21.3.